The highest BCUT2D eigenvalue weighted by molar-refractivity contribution is 5.27. The van der Waals surface area contributed by atoms with Crippen LogP contribution in [0.25, 0.3) is 0 Å². The van der Waals surface area contributed by atoms with Crippen LogP contribution in [0.3, 0.4) is 0 Å². The summed E-state index contributed by atoms with van der Waals surface area (Å²) in [4.78, 5) is 0. The second-order valence-corrected chi connectivity index (χ2v) is 4.86. The number of nitrogens with one attached hydrogen (secondary N) is 1. The van der Waals surface area contributed by atoms with E-state index in [0.717, 1.165) is 18.8 Å². The standard InChI is InChI=1S/C15H21N3O/c1-12(2)19-15-6-4-13(5-7-15)10-16-11-14-8-9-17-18(14)3/h4-9,12,16H,10-11H2,1-3H3. The Hall–Kier alpha value is -1.81. The average Bonchev–Trinajstić information content (AvgIpc) is 2.77. The van der Waals surface area contributed by atoms with E-state index in [-0.39, 0.29) is 6.10 Å². The molecule has 0 radical (unpaired) electrons. The average molecular weight is 259 g/mol. The molecule has 2 aromatic rings. The molecule has 1 N–H and O–H groups in total. The summed E-state index contributed by atoms with van der Waals surface area (Å²) in [5.74, 6) is 0.922. The zero-order valence-corrected chi connectivity index (χ0v) is 11.8. The Morgan fingerprint density at radius 3 is 2.47 bits per heavy atom. The Bertz CT molecular complexity index is 502. The van der Waals surface area contributed by atoms with Crippen LogP contribution in [0.5, 0.6) is 5.75 Å². The zero-order chi connectivity index (χ0) is 13.7. The molecule has 0 saturated heterocycles. The van der Waals surface area contributed by atoms with Crippen molar-refractivity contribution < 1.29 is 4.74 Å². The van der Waals surface area contributed by atoms with Gasteiger partial charge in [0.25, 0.3) is 0 Å². The predicted molar refractivity (Wildman–Crippen MR) is 76.0 cm³/mol. The van der Waals surface area contributed by atoms with Crippen LogP contribution in [0.2, 0.25) is 0 Å². The minimum atomic E-state index is 0.216. The molecule has 4 heteroatoms. The first kappa shape index (κ1) is 13.6. The van der Waals surface area contributed by atoms with Gasteiger partial charge in [0.1, 0.15) is 5.75 Å². The number of aryl methyl sites for hydroxylation is 1. The van der Waals surface area contributed by atoms with E-state index in [1.165, 1.54) is 11.3 Å². The van der Waals surface area contributed by atoms with Crippen LogP contribution < -0.4 is 10.1 Å². The van der Waals surface area contributed by atoms with Gasteiger partial charge in [0, 0.05) is 26.3 Å². The van der Waals surface area contributed by atoms with E-state index in [4.69, 9.17) is 4.74 Å². The smallest absolute Gasteiger partial charge is 0.119 e. The van der Waals surface area contributed by atoms with Crippen molar-refractivity contribution in [3.63, 3.8) is 0 Å². The Kier molecular flexibility index (Phi) is 4.58. The van der Waals surface area contributed by atoms with E-state index in [1.54, 1.807) is 0 Å². The van der Waals surface area contributed by atoms with E-state index in [9.17, 15) is 0 Å². The molecule has 1 heterocycles. The highest BCUT2D eigenvalue weighted by Gasteiger charge is 2.00. The van der Waals surface area contributed by atoms with Gasteiger partial charge in [-0.1, -0.05) is 12.1 Å². The quantitative estimate of drug-likeness (QED) is 0.866. The molecular formula is C15H21N3O. The van der Waals surface area contributed by atoms with Crippen molar-refractivity contribution in [2.24, 2.45) is 7.05 Å². The molecule has 0 bridgehead atoms. The zero-order valence-electron chi connectivity index (χ0n) is 11.8. The lowest BCUT2D eigenvalue weighted by Gasteiger charge is -2.10. The van der Waals surface area contributed by atoms with E-state index >= 15 is 0 Å². The van der Waals surface area contributed by atoms with Crippen molar-refractivity contribution in [3.05, 3.63) is 47.8 Å². The molecule has 2 rings (SSSR count). The number of benzene rings is 1. The normalized spacial score (nSPS) is 10.9. The van der Waals surface area contributed by atoms with Gasteiger partial charge in [-0.2, -0.15) is 5.10 Å². The largest absolute Gasteiger partial charge is 0.491 e. The minimum absolute atomic E-state index is 0.216. The molecule has 1 aromatic carbocycles. The summed E-state index contributed by atoms with van der Waals surface area (Å²) < 4.78 is 7.50. The summed E-state index contributed by atoms with van der Waals surface area (Å²) in [6, 6.07) is 10.2. The second kappa shape index (κ2) is 6.38. The number of ether oxygens (including phenoxy) is 1. The molecule has 0 spiro atoms. The van der Waals surface area contributed by atoms with Gasteiger partial charge < -0.3 is 10.1 Å². The van der Waals surface area contributed by atoms with E-state index in [0.29, 0.717) is 0 Å². The van der Waals surface area contributed by atoms with Crippen molar-refractivity contribution in [1.29, 1.82) is 0 Å². The molecule has 102 valence electrons. The van der Waals surface area contributed by atoms with E-state index in [2.05, 4.69) is 22.5 Å². The summed E-state index contributed by atoms with van der Waals surface area (Å²) >= 11 is 0. The Labute approximate surface area is 114 Å². The molecule has 0 unspecified atom stereocenters. The number of hydrogen-bond acceptors (Lipinski definition) is 3. The molecule has 1 aromatic heterocycles. The minimum Gasteiger partial charge on any atom is -0.491 e. The number of rotatable bonds is 6. The maximum absolute atomic E-state index is 5.62. The van der Waals surface area contributed by atoms with Crippen molar-refractivity contribution in [3.8, 4) is 5.75 Å². The molecule has 0 aliphatic rings. The van der Waals surface area contributed by atoms with Crippen LogP contribution >= 0.6 is 0 Å². The Balaban J connectivity index is 1.81. The van der Waals surface area contributed by atoms with Crippen LogP contribution in [0, 0.1) is 0 Å². The molecule has 0 amide bonds. The van der Waals surface area contributed by atoms with Crippen LogP contribution in [-0.4, -0.2) is 15.9 Å². The molecule has 4 nitrogen and oxygen atoms in total. The third-order valence-electron chi connectivity index (χ3n) is 2.85. The maximum atomic E-state index is 5.62. The van der Waals surface area contributed by atoms with Gasteiger partial charge in [-0.15, -0.1) is 0 Å². The first-order chi connectivity index (χ1) is 9.15. The fraction of sp³-hybridized carbons (Fsp3) is 0.400. The van der Waals surface area contributed by atoms with Crippen molar-refractivity contribution in [2.45, 2.75) is 33.0 Å². The van der Waals surface area contributed by atoms with Crippen LogP contribution in [0.1, 0.15) is 25.1 Å². The second-order valence-electron chi connectivity index (χ2n) is 4.86. The van der Waals surface area contributed by atoms with Gasteiger partial charge in [-0.25, -0.2) is 0 Å². The van der Waals surface area contributed by atoms with Crippen LogP contribution in [-0.2, 0) is 20.1 Å². The molecule has 0 atom stereocenters. The third kappa shape index (κ3) is 4.10. The molecule has 0 aliphatic carbocycles. The van der Waals surface area contributed by atoms with E-state index in [1.807, 2.05) is 50.0 Å². The van der Waals surface area contributed by atoms with Crippen LogP contribution in [0.15, 0.2) is 36.5 Å². The lowest BCUT2D eigenvalue weighted by Crippen LogP contribution is -2.15. The summed E-state index contributed by atoms with van der Waals surface area (Å²) in [7, 11) is 1.95. The topological polar surface area (TPSA) is 39.1 Å². The van der Waals surface area contributed by atoms with Gasteiger partial charge in [0.15, 0.2) is 0 Å². The van der Waals surface area contributed by atoms with E-state index < -0.39 is 0 Å². The molecular weight excluding hydrogens is 238 g/mol. The maximum Gasteiger partial charge on any atom is 0.119 e. The SMILES string of the molecule is CC(C)Oc1ccc(CNCc2ccnn2C)cc1. The lowest BCUT2D eigenvalue weighted by molar-refractivity contribution is 0.242. The Morgan fingerprint density at radius 2 is 1.89 bits per heavy atom. The summed E-state index contributed by atoms with van der Waals surface area (Å²) in [5, 5.41) is 7.55. The monoisotopic (exact) mass is 259 g/mol. The Morgan fingerprint density at radius 1 is 1.16 bits per heavy atom. The van der Waals surface area contributed by atoms with Crippen molar-refractivity contribution in [2.75, 3.05) is 0 Å². The lowest BCUT2D eigenvalue weighted by atomic mass is 10.2. The van der Waals surface area contributed by atoms with Crippen molar-refractivity contribution >= 4 is 0 Å². The highest BCUT2D eigenvalue weighted by atomic mass is 16.5. The van der Waals surface area contributed by atoms with Crippen molar-refractivity contribution in [1.82, 2.24) is 15.1 Å². The highest BCUT2D eigenvalue weighted by Crippen LogP contribution is 2.13. The van der Waals surface area contributed by atoms with Gasteiger partial charge in [-0.05, 0) is 37.6 Å². The van der Waals surface area contributed by atoms with Gasteiger partial charge in [0.2, 0.25) is 0 Å². The third-order valence-corrected chi connectivity index (χ3v) is 2.85. The predicted octanol–water partition coefficient (Wildman–Crippen LogP) is 2.50. The molecule has 0 aliphatic heterocycles. The van der Waals surface area contributed by atoms with Gasteiger partial charge in [0.05, 0.1) is 11.8 Å². The summed E-state index contributed by atoms with van der Waals surface area (Å²) in [6.07, 6.45) is 2.03. The summed E-state index contributed by atoms with van der Waals surface area (Å²) in [5.41, 5.74) is 2.43. The first-order valence-corrected chi connectivity index (χ1v) is 6.58. The number of nitrogens with zero attached hydrogens (tertiary/aromatic N) is 2. The number of hydrogen-bond donors (Lipinski definition) is 1. The first-order valence-electron chi connectivity index (χ1n) is 6.58. The van der Waals surface area contributed by atoms with Gasteiger partial charge in [-0.3, -0.25) is 4.68 Å². The van der Waals surface area contributed by atoms with Gasteiger partial charge >= 0.3 is 0 Å². The number of aromatic nitrogens is 2. The fourth-order valence-corrected chi connectivity index (χ4v) is 1.87. The fourth-order valence-electron chi connectivity index (χ4n) is 1.87. The summed E-state index contributed by atoms with van der Waals surface area (Å²) in [6.45, 7) is 5.72. The molecule has 0 fully saturated rings. The molecule has 0 saturated carbocycles. The van der Waals surface area contributed by atoms with Crippen LogP contribution in [0.4, 0.5) is 0 Å². The molecule has 19 heavy (non-hydrogen) atoms.